The van der Waals surface area contributed by atoms with E-state index < -0.39 is 0 Å². The summed E-state index contributed by atoms with van der Waals surface area (Å²) in [5, 5.41) is 3.37. The van der Waals surface area contributed by atoms with Crippen LogP contribution in [-0.4, -0.2) is 51.3 Å². The molecule has 0 bridgehead atoms. The lowest BCUT2D eigenvalue weighted by Gasteiger charge is -2.39. The van der Waals surface area contributed by atoms with Crippen molar-refractivity contribution in [2.45, 2.75) is 53.0 Å². The van der Waals surface area contributed by atoms with Crippen LogP contribution in [0.4, 0.5) is 0 Å². The molecule has 0 aliphatic rings. The fraction of sp³-hybridized carbons (Fsp3) is 1.00. The monoisotopic (exact) mass is 258 g/mol. The van der Waals surface area contributed by atoms with E-state index in [0.29, 0.717) is 11.5 Å². The average molecular weight is 258 g/mol. The third kappa shape index (κ3) is 5.68. The zero-order valence-corrected chi connectivity index (χ0v) is 13.4. The first-order valence-electron chi connectivity index (χ1n) is 7.46. The molecule has 0 saturated heterocycles. The molecule has 0 aliphatic heterocycles. The molecule has 0 saturated carbocycles. The molecule has 18 heavy (non-hydrogen) atoms. The van der Waals surface area contributed by atoms with Crippen LogP contribution in [-0.2, 0) is 4.74 Å². The smallest absolute Gasteiger partial charge is 0.0589 e. The number of nitrogens with one attached hydrogen (secondary N) is 1. The van der Waals surface area contributed by atoms with E-state index in [4.69, 9.17) is 4.74 Å². The molecule has 0 radical (unpaired) electrons. The Morgan fingerprint density at radius 3 is 2.22 bits per heavy atom. The van der Waals surface area contributed by atoms with Gasteiger partial charge >= 0.3 is 0 Å². The van der Waals surface area contributed by atoms with Crippen molar-refractivity contribution in [2.75, 3.05) is 40.4 Å². The van der Waals surface area contributed by atoms with Crippen molar-refractivity contribution in [3.05, 3.63) is 0 Å². The molecule has 0 aromatic carbocycles. The molecule has 1 N–H and O–H groups in total. The van der Waals surface area contributed by atoms with Crippen LogP contribution < -0.4 is 5.32 Å². The molecule has 1 atom stereocenters. The minimum absolute atomic E-state index is 0.395. The van der Waals surface area contributed by atoms with Gasteiger partial charge in [0.2, 0.25) is 0 Å². The van der Waals surface area contributed by atoms with Gasteiger partial charge in [0.25, 0.3) is 0 Å². The summed E-state index contributed by atoms with van der Waals surface area (Å²) in [6.45, 7) is 13.3. The Balaban J connectivity index is 4.67. The summed E-state index contributed by atoms with van der Waals surface area (Å²) in [5.41, 5.74) is 0.395. The Labute approximate surface area is 114 Å². The molecule has 0 aromatic rings. The van der Waals surface area contributed by atoms with Gasteiger partial charge in [0.1, 0.15) is 0 Å². The molecule has 1 unspecified atom stereocenters. The van der Waals surface area contributed by atoms with E-state index in [1.54, 1.807) is 7.11 Å². The van der Waals surface area contributed by atoms with Crippen LogP contribution in [0.5, 0.6) is 0 Å². The highest BCUT2D eigenvalue weighted by atomic mass is 16.5. The second-order valence-electron chi connectivity index (χ2n) is 5.46. The van der Waals surface area contributed by atoms with Crippen LogP contribution in [0.1, 0.15) is 47.0 Å². The van der Waals surface area contributed by atoms with Crippen LogP contribution in [0.15, 0.2) is 0 Å². The Morgan fingerprint density at radius 2 is 1.83 bits per heavy atom. The molecule has 3 nitrogen and oxygen atoms in total. The SMILES string of the molecule is CCC(C)N(CCOC)CC(CC)(CC)CNC. The van der Waals surface area contributed by atoms with E-state index in [0.717, 1.165) is 19.7 Å². The van der Waals surface area contributed by atoms with Gasteiger partial charge in [-0.15, -0.1) is 0 Å². The van der Waals surface area contributed by atoms with Gasteiger partial charge in [-0.1, -0.05) is 20.8 Å². The molecule has 0 aliphatic carbocycles. The van der Waals surface area contributed by atoms with E-state index in [9.17, 15) is 0 Å². The molecular weight excluding hydrogens is 224 g/mol. The molecule has 0 spiro atoms. The maximum absolute atomic E-state index is 5.25. The minimum atomic E-state index is 0.395. The summed E-state index contributed by atoms with van der Waals surface area (Å²) in [6.07, 6.45) is 3.65. The molecule has 0 fully saturated rings. The zero-order valence-electron chi connectivity index (χ0n) is 13.4. The Morgan fingerprint density at radius 1 is 1.22 bits per heavy atom. The number of hydrogen-bond acceptors (Lipinski definition) is 3. The lowest BCUT2D eigenvalue weighted by atomic mass is 9.81. The quantitative estimate of drug-likeness (QED) is 0.617. The number of rotatable bonds is 11. The fourth-order valence-electron chi connectivity index (χ4n) is 2.51. The normalized spacial score (nSPS) is 14.2. The van der Waals surface area contributed by atoms with Gasteiger partial charge in [0.15, 0.2) is 0 Å². The standard InChI is InChI=1S/C15H34N2O/c1-7-14(4)17(10-11-18-6)13-15(8-2,9-3)12-16-5/h14,16H,7-13H2,1-6H3. The topological polar surface area (TPSA) is 24.5 Å². The largest absolute Gasteiger partial charge is 0.383 e. The van der Waals surface area contributed by atoms with Crippen molar-refractivity contribution in [1.29, 1.82) is 0 Å². The Hall–Kier alpha value is -0.120. The predicted octanol–water partition coefficient (Wildman–Crippen LogP) is 2.76. The van der Waals surface area contributed by atoms with Gasteiger partial charge in [-0.25, -0.2) is 0 Å². The highest BCUT2D eigenvalue weighted by Crippen LogP contribution is 2.28. The van der Waals surface area contributed by atoms with Gasteiger partial charge in [-0.3, -0.25) is 4.90 Å². The highest BCUT2D eigenvalue weighted by Gasteiger charge is 2.29. The maximum Gasteiger partial charge on any atom is 0.0589 e. The maximum atomic E-state index is 5.25. The van der Waals surface area contributed by atoms with E-state index in [-0.39, 0.29) is 0 Å². The third-order valence-corrected chi connectivity index (χ3v) is 4.39. The van der Waals surface area contributed by atoms with Gasteiger partial charge < -0.3 is 10.1 Å². The summed E-state index contributed by atoms with van der Waals surface area (Å²) in [4.78, 5) is 2.59. The van der Waals surface area contributed by atoms with Gasteiger partial charge in [-0.05, 0) is 38.6 Å². The minimum Gasteiger partial charge on any atom is -0.383 e. The summed E-state index contributed by atoms with van der Waals surface area (Å²) in [6, 6.07) is 0.634. The van der Waals surface area contributed by atoms with Crippen molar-refractivity contribution >= 4 is 0 Å². The van der Waals surface area contributed by atoms with Gasteiger partial charge in [-0.2, -0.15) is 0 Å². The summed E-state index contributed by atoms with van der Waals surface area (Å²) < 4.78 is 5.25. The van der Waals surface area contributed by atoms with Gasteiger partial charge in [0.05, 0.1) is 6.61 Å². The van der Waals surface area contributed by atoms with Gasteiger partial charge in [0, 0.05) is 32.8 Å². The molecule has 110 valence electrons. The second-order valence-corrected chi connectivity index (χ2v) is 5.46. The molecule has 0 aromatic heterocycles. The Kier molecular flexibility index (Phi) is 9.70. The molecule has 3 heteroatoms. The molecule has 0 amide bonds. The summed E-state index contributed by atoms with van der Waals surface area (Å²) in [5.74, 6) is 0. The van der Waals surface area contributed by atoms with Crippen LogP contribution >= 0.6 is 0 Å². The van der Waals surface area contributed by atoms with E-state index in [1.165, 1.54) is 25.8 Å². The van der Waals surface area contributed by atoms with Crippen molar-refractivity contribution in [2.24, 2.45) is 5.41 Å². The van der Waals surface area contributed by atoms with Crippen molar-refractivity contribution in [1.82, 2.24) is 10.2 Å². The number of ether oxygens (including phenoxy) is 1. The lowest BCUT2D eigenvalue weighted by Crippen LogP contribution is -2.47. The second kappa shape index (κ2) is 9.76. The van der Waals surface area contributed by atoms with E-state index in [2.05, 4.69) is 45.0 Å². The average Bonchev–Trinajstić information content (AvgIpc) is 2.41. The van der Waals surface area contributed by atoms with E-state index >= 15 is 0 Å². The highest BCUT2D eigenvalue weighted by molar-refractivity contribution is 4.84. The summed E-state index contributed by atoms with van der Waals surface area (Å²) in [7, 11) is 3.85. The number of nitrogens with zero attached hydrogens (tertiary/aromatic N) is 1. The van der Waals surface area contributed by atoms with Crippen molar-refractivity contribution < 1.29 is 4.74 Å². The number of hydrogen-bond donors (Lipinski definition) is 1. The first kappa shape index (κ1) is 17.9. The van der Waals surface area contributed by atoms with Crippen LogP contribution in [0.2, 0.25) is 0 Å². The molecule has 0 rings (SSSR count). The molecular formula is C15H34N2O. The van der Waals surface area contributed by atoms with Crippen LogP contribution in [0.3, 0.4) is 0 Å². The third-order valence-electron chi connectivity index (χ3n) is 4.39. The number of methoxy groups -OCH3 is 1. The molecule has 0 heterocycles. The zero-order chi connectivity index (χ0) is 14.0. The lowest BCUT2D eigenvalue weighted by molar-refractivity contribution is 0.0725. The van der Waals surface area contributed by atoms with Crippen LogP contribution in [0.25, 0.3) is 0 Å². The Bertz CT molecular complexity index is 193. The van der Waals surface area contributed by atoms with Crippen molar-refractivity contribution in [3.8, 4) is 0 Å². The first-order valence-corrected chi connectivity index (χ1v) is 7.46. The first-order chi connectivity index (χ1) is 8.59. The predicted molar refractivity (Wildman–Crippen MR) is 80.1 cm³/mol. The van der Waals surface area contributed by atoms with E-state index in [1.807, 2.05) is 0 Å². The fourth-order valence-corrected chi connectivity index (χ4v) is 2.51. The van der Waals surface area contributed by atoms with Crippen molar-refractivity contribution in [3.63, 3.8) is 0 Å². The van der Waals surface area contributed by atoms with Crippen LogP contribution in [0, 0.1) is 5.41 Å². The summed E-state index contributed by atoms with van der Waals surface area (Å²) >= 11 is 0.